The number of fused-ring (bicyclic) bond motifs is 3. The van der Waals surface area contributed by atoms with Gasteiger partial charge in [-0.25, -0.2) is 4.98 Å². The molecule has 1 N–H and O–H groups in total. The number of aromatic nitrogens is 4. The third-order valence-electron chi connectivity index (χ3n) is 5.53. The van der Waals surface area contributed by atoms with Gasteiger partial charge < -0.3 is 4.98 Å². The van der Waals surface area contributed by atoms with Crippen molar-refractivity contribution in [2.45, 2.75) is 39.2 Å². The fraction of sp³-hybridized carbons (Fsp3) is 0.588. The van der Waals surface area contributed by atoms with E-state index in [1.54, 1.807) is 0 Å². The second-order valence-electron chi connectivity index (χ2n) is 6.99. The van der Waals surface area contributed by atoms with Crippen molar-refractivity contribution in [3.05, 3.63) is 44.9 Å². The van der Waals surface area contributed by atoms with Crippen LogP contribution in [0.2, 0.25) is 0 Å². The lowest BCUT2D eigenvalue weighted by molar-refractivity contribution is 0.313. The van der Waals surface area contributed by atoms with Crippen LogP contribution in [0.3, 0.4) is 0 Å². The summed E-state index contributed by atoms with van der Waals surface area (Å²) >= 11 is 0. The molecule has 6 nitrogen and oxygen atoms in total. The molecule has 0 amide bonds. The quantitative estimate of drug-likeness (QED) is 0.907. The molecule has 0 radical (unpaired) electrons. The van der Waals surface area contributed by atoms with E-state index in [9.17, 15) is 4.79 Å². The summed E-state index contributed by atoms with van der Waals surface area (Å²) in [6.45, 7) is 7.00. The minimum Gasteiger partial charge on any atom is -0.311 e. The first-order valence-electron chi connectivity index (χ1n) is 8.32. The average Bonchev–Trinajstić information content (AvgIpc) is 3.05. The number of hydrogen-bond acceptors (Lipinski definition) is 4. The van der Waals surface area contributed by atoms with Crippen LogP contribution in [0.4, 0.5) is 0 Å². The highest BCUT2D eigenvalue weighted by Gasteiger charge is 2.39. The maximum atomic E-state index is 12.2. The summed E-state index contributed by atoms with van der Waals surface area (Å²) in [6.07, 6.45) is 3.92. The summed E-state index contributed by atoms with van der Waals surface area (Å²) in [6, 6.07) is 0. The summed E-state index contributed by atoms with van der Waals surface area (Å²) in [5, 5.41) is 4.34. The molecule has 2 aliphatic rings. The maximum absolute atomic E-state index is 12.2. The van der Waals surface area contributed by atoms with Crippen molar-refractivity contribution in [3.8, 4) is 0 Å². The van der Waals surface area contributed by atoms with Crippen LogP contribution in [0.1, 0.15) is 40.7 Å². The van der Waals surface area contributed by atoms with E-state index in [4.69, 9.17) is 0 Å². The first kappa shape index (κ1) is 14.6. The smallest absolute Gasteiger partial charge is 0.254 e. The first-order valence-corrected chi connectivity index (χ1v) is 8.32. The van der Waals surface area contributed by atoms with Gasteiger partial charge in [0.15, 0.2) is 0 Å². The fourth-order valence-electron chi connectivity index (χ4n) is 4.14. The number of aryl methyl sites for hydroxylation is 2. The van der Waals surface area contributed by atoms with E-state index in [0.29, 0.717) is 11.8 Å². The van der Waals surface area contributed by atoms with Gasteiger partial charge in [-0.05, 0) is 32.6 Å². The number of aromatic amines is 1. The molecule has 1 aliphatic carbocycles. The van der Waals surface area contributed by atoms with Crippen LogP contribution in [0.25, 0.3) is 0 Å². The molecule has 6 heteroatoms. The molecule has 0 bridgehead atoms. The standard InChI is InChI=1S/C17H23N5O/c1-10-13(6-18-21(10)3)8-22-7-12-4-5-14-16(15(12)9-22)19-11(2)20-17(14)23/h6,12,15H,4-5,7-9H2,1-3H3,(H,19,20,23)/t12-,15+/m1/s1. The zero-order valence-corrected chi connectivity index (χ0v) is 14.0. The summed E-state index contributed by atoms with van der Waals surface area (Å²) in [7, 11) is 1.98. The third kappa shape index (κ3) is 2.41. The monoisotopic (exact) mass is 313 g/mol. The molecule has 0 saturated carbocycles. The van der Waals surface area contributed by atoms with E-state index in [1.807, 2.05) is 24.9 Å². The molecule has 3 heterocycles. The Bertz CT molecular complexity index is 806. The van der Waals surface area contributed by atoms with Crippen LogP contribution in [0, 0.1) is 19.8 Å². The minimum atomic E-state index is 0.0625. The van der Waals surface area contributed by atoms with Crippen LogP contribution < -0.4 is 5.56 Å². The largest absolute Gasteiger partial charge is 0.311 e. The first-order chi connectivity index (χ1) is 11.0. The van der Waals surface area contributed by atoms with Crippen molar-refractivity contribution in [2.75, 3.05) is 13.1 Å². The molecular formula is C17H23N5O. The molecule has 2 atom stereocenters. The number of nitrogens with zero attached hydrogens (tertiary/aromatic N) is 4. The highest BCUT2D eigenvalue weighted by atomic mass is 16.1. The maximum Gasteiger partial charge on any atom is 0.254 e. The van der Waals surface area contributed by atoms with Gasteiger partial charge >= 0.3 is 0 Å². The molecule has 1 saturated heterocycles. The predicted molar refractivity (Wildman–Crippen MR) is 87.4 cm³/mol. The van der Waals surface area contributed by atoms with E-state index < -0.39 is 0 Å². The molecule has 1 aliphatic heterocycles. The highest BCUT2D eigenvalue weighted by Crippen LogP contribution is 2.39. The Morgan fingerprint density at radius 2 is 2.17 bits per heavy atom. The summed E-state index contributed by atoms with van der Waals surface area (Å²) < 4.78 is 1.93. The lowest BCUT2D eigenvalue weighted by atomic mass is 9.80. The van der Waals surface area contributed by atoms with Crippen molar-refractivity contribution in [1.82, 2.24) is 24.6 Å². The topological polar surface area (TPSA) is 66.8 Å². The molecule has 4 rings (SSSR count). The minimum absolute atomic E-state index is 0.0625. The lowest BCUT2D eigenvalue weighted by Gasteiger charge is -2.25. The Morgan fingerprint density at radius 1 is 1.35 bits per heavy atom. The van der Waals surface area contributed by atoms with Gasteiger partial charge in [-0.3, -0.25) is 14.4 Å². The predicted octanol–water partition coefficient (Wildman–Crippen LogP) is 1.28. The average molecular weight is 313 g/mol. The Hall–Kier alpha value is -1.95. The van der Waals surface area contributed by atoms with Gasteiger partial charge in [0.1, 0.15) is 5.82 Å². The molecule has 0 unspecified atom stereocenters. The molecule has 1 fully saturated rings. The van der Waals surface area contributed by atoms with Crippen molar-refractivity contribution in [3.63, 3.8) is 0 Å². The third-order valence-corrected chi connectivity index (χ3v) is 5.53. The Morgan fingerprint density at radius 3 is 2.91 bits per heavy atom. The number of rotatable bonds is 2. The molecular weight excluding hydrogens is 290 g/mol. The number of nitrogens with one attached hydrogen (secondary N) is 1. The summed E-state index contributed by atoms with van der Waals surface area (Å²) in [5.74, 6) is 1.75. The van der Waals surface area contributed by atoms with Gasteiger partial charge in [0, 0.05) is 49.4 Å². The van der Waals surface area contributed by atoms with Crippen molar-refractivity contribution in [2.24, 2.45) is 13.0 Å². The second kappa shape index (κ2) is 5.30. The van der Waals surface area contributed by atoms with Crippen LogP contribution in [0.5, 0.6) is 0 Å². The van der Waals surface area contributed by atoms with E-state index >= 15 is 0 Å². The van der Waals surface area contributed by atoms with Crippen LogP contribution in [-0.4, -0.2) is 37.7 Å². The van der Waals surface area contributed by atoms with Crippen molar-refractivity contribution < 1.29 is 0 Å². The fourth-order valence-corrected chi connectivity index (χ4v) is 4.14. The van der Waals surface area contributed by atoms with E-state index in [2.05, 4.69) is 26.9 Å². The zero-order chi connectivity index (χ0) is 16.1. The lowest BCUT2D eigenvalue weighted by Crippen LogP contribution is -2.28. The van der Waals surface area contributed by atoms with Crippen LogP contribution in [0.15, 0.2) is 11.0 Å². The SMILES string of the molecule is Cc1nc2c(c(=O)[nH]1)CC[C@@H]1CN(Cc3cnn(C)c3C)C[C@H]21. The van der Waals surface area contributed by atoms with Gasteiger partial charge in [-0.15, -0.1) is 0 Å². The van der Waals surface area contributed by atoms with E-state index in [1.165, 1.54) is 11.3 Å². The van der Waals surface area contributed by atoms with Gasteiger partial charge in [0.05, 0.1) is 11.9 Å². The van der Waals surface area contributed by atoms with Gasteiger partial charge in [-0.2, -0.15) is 5.10 Å². The van der Waals surface area contributed by atoms with Gasteiger partial charge in [0.25, 0.3) is 5.56 Å². The molecule has 2 aromatic heterocycles. The van der Waals surface area contributed by atoms with E-state index in [-0.39, 0.29) is 5.56 Å². The van der Waals surface area contributed by atoms with Crippen LogP contribution >= 0.6 is 0 Å². The molecule has 0 aromatic carbocycles. The number of likely N-dealkylation sites (tertiary alicyclic amines) is 1. The Labute approximate surface area is 135 Å². The highest BCUT2D eigenvalue weighted by molar-refractivity contribution is 5.28. The summed E-state index contributed by atoms with van der Waals surface area (Å²) in [5.41, 5.74) is 4.55. The number of H-pyrrole nitrogens is 1. The van der Waals surface area contributed by atoms with E-state index in [0.717, 1.165) is 49.6 Å². The molecule has 122 valence electrons. The summed E-state index contributed by atoms with van der Waals surface area (Å²) in [4.78, 5) is 22.2. The zero-order valence-electron chi connectivity index (χ0n) is 14.0. The molecule has 2 aromatic rings. The normalized spacial score (nSPS) is 23.8. The second-order valence-corrected chi connectivity index (χ2v) is 6.99. The Balaban J connectivity index is 1.59. The van der Waals surface area contributed by atoms with Gasteiger partial charge in [-0.1, -0.05) is 0 Å². The molecule has 0 spiro atoms. The van der Waals surface area contributed by atoms with Crippen molar-refractivity contribution >= 4 is 0 Å². The Kier molecular flexibility index (Phi) is 3.37. The van der Waals surface area contributed by atoms with Gasteiger partial charge in [0.2, 0.25) is 0 Å². The van der Waals surface area contributed by atoms with Crippen LogP contribution in [-0.2, 0) is 20.0 Å². The number of hydrogen-bond donors (Lipinski definition) is 1. The van der Waals surface area contributed by atoms with Crippen molar-refractivity contribution in [1.29, 1.82) is 0 Å². The molecule has 23 heavy (non-hydrogen) atoms.